The van der Waals surface area contributed by atoms with Gasteiger partial charge in [-0.3, -0.25) is 0 Å². The summed E-state index contributed by atoms with van der Waals surface area (Å²) >= 11 is 0. The first-order valence-electron chi connectivity index (χ1n) is 5.21. The van der Waals surface area contributed by atoms with E-state index in [1.165, 1.54) is 0 Å². The van der Waals surface area contributed by atoms with E-state index >= 15 is 0 Å². The molecule has 0 spiro atoms. The van der Waals surface area contributed by atoms with Gasteiger partial charge in [0.05, 0.1) is 19.8 Å². The average molecular weight is 208 g/mol. The fourth-order valence-electron chi connectivity index (χ4n) is 1.93. The molecule has 0 radical (unpaired) electrons. The van der Waals surface area contributed by atoms with Crippen LogP contribution in [0.1, 0.15) is 30.1 Å². The summed E-state index contributed by atoms with van der Waals surface area (Å²) < 4.78 is 10.9. The molecule has 82 valence electrons. The van der Waals surface area contributed by atoms with Gasteiger partial charge < -0.3 is 14.6 Å². The summed E-state index contributed by atoms with van der Waals surface area (Å²) in [6, 6.07) is 3.89. The molecule has 15 heavy (non-hydrogen) atoms. The molecule has 1 aromatic carbocycles. The van der Waals surface area contributed by atoms with Gasteiger partial charge in [-0.1, -0.05) is 0 Å². The molecule has 0 amide bonds. The summed E-state index contributed by atoms with van der Waals surface area (Å²) in [6.07, 6.45) is 1.19. The van der Waals surface area contributed by atoms with Crippen molar-refractivity contribution in [1.82, 2.24) is 0 Å². The van der Waals surface area contributed by atoms with E-state index in [9.17, 15) is 5.11 Å². The van der Waals surface area contributed by atoms with E-state index < -0.39 is 6.10 Å². The van der Waals surface area contributed by atoms with Crippen molar-refractivity contribution in [1.29, 1.82) is 0 Å². The van der Waals surface area contributed by atoms with E-state index in [2.05, 4.69) is 0 Å². The molecule has 1 aliphatic heterocycles. The Balaban J connectivity index is 2.52. The number of methoxy groups -OCH3 is 1. The van der Waals surface area contributed by atoms with Crippen LogP contribution in [0.2, 0.25) is 0 Å². The molecule has 1 heterocycles. The van der Waals surface area contributed by atoms with Crippen LogP contribution in [0.3, 0.4) is 0 Å². The zero-order valence-electron chi connectivity index (χ0n) is 9.12. The van der Waals surface area contributed by atoms with Crippen molar-refractivity contribution >= 4 is 0 Å². The van der Waals surface area contributed by atoms with Crippen LogP contribution in [0.25, 0.3) is 0 Å². The summed E-state index contributed by atoms with van der Waals surface area (Å²) in [6.45, 7) is 2.63. The maximum atomic E-state index is 9.95. The van der Waals surface area contributed by atoms with Gasteiger partial charge >= 0.3 is 0 Å². The first-order chi connectivity index (χ1) is 7.22. The highest BCUT2D eigenvalue weighted by molar-refractivity contribution is 5.50. The molecule has 0 saturated carbocycles. The first kappa shape index (κ1) is 10.3. The Kier molecular flexibility index (Phi) is 2.82. The lowest BCUT2D eigenvalue weighted by Crippen LogP contribution is -2.00. The number of benzene rings is 1. The van der Waals surface area contributed by atoms with Gasteiger partial charge in [-0.25, -0.2) is 0 Å². The second kappa shape index (κ2) is 4.11. The fraction of sp³-hybridized carbons (Fsp3) is 0.500. The van der Waals surface area contributed by atoms with Crippen molar-refractivity contribution in [3.8, 4) is 11.5 Å². The van der Waals surface area contributed by atoms with E-state index in [1.807, 2.05) is 19.1 Å². The lowest BCUT2D eigenvalue weighted by molar-refractivity contribution is 0.167. The summed E-state index contributed by atoms with van der Waals surface area (Å²) in [5.74, 6) is 1.42. The second-order valence-electron chi connectivity index (χ2n) is 3.89. The molecule has 3 heteroatoms. The molecule has 3 nitrogen and oxygen atoms in total. The standard InChI is InChI=1S/C12H16O3/c1-8-6-9-10(13)4-3-5-15-12(9)11(7-8)14-2/h6-7,10,13H,3-5H2,1-2H3. The van der Waals surface area contributed by atoms with Crippen LogP contribution in [-0.2, 0) is 0 Å². The number of hydrogen-bond donors (Lipinski definition) is 1. The maximum Gasteiger partial charge on any atom is 0.166 e. The Morgan fingerprint density at radius 3 is 3.00 bits per heavy atom. The van der Waals surface area contributed by atoms with Crippen molar-refractivity contribution < 1.29 is 14.6 Å². The Bertz CT molecular complexity index is 360. The van der Waals surface area contributed by atoms with E-state index in [0.717, 1.165) is 24.0 Å². The monoisotopic (exact) mass is 208 g/mol. The highest BCUT2D eigenvalue weighted by Gasteiger charge is 2.21. The van der Waals surface area contributed by atoms with E-state index in [0.29, 0.717) is 18.1 Å². The van der Waals surface area contributed by atoms with Gasteiger partial charge in [-0.05, 0) is 37.5 Å². The van der Waals surface area contributed by atoms with Gasteiger partial charge in [0.25, 0.3) is 0 Å². The number of fused-ring (bicyclic) bond motifs is 1. The lowest BCUT2D eigenvalue weighted by atomic mass is 10.0. The van der Waals surface area contributed by atoms with E-state index in [1.54, 1.807) is 7.11 Å². The first-order valence-corrected chi connectivity index (χ1v) is 5.21. The Morgan fingerprint density at radius 1 is 1.47 bits per heavy atom. The minimum atomic E-state index is -0.434. The molecule has 0 aromatic heterocycles. The zero-order chi connectivity index (χ0) is 10.8. The van der Waals surface area contributed by atoms with Crippen LogP contribution in [-0.4, -0.2) is 18.8 Å². The van der Waals surface area contributed by atoms with Crippen LogP contribution in [0.15, 0.2) is 12.1 Å². The van der Waals surface area contributed by atoms with Crippen molar-refractivity contribution in [2.75, 3.05) is 13.7 Å². The van der Waals surface area contributed by atoms with E-state index in [-0.39, 0.29) is 0 Å². The van der Waals surface area contributed by atoms with Crippen molar-refractivity contribution in [2.45, 2.75) is 25.9 Å². The number of ether oxygens (including phenoxy) is 2. The number of rotatable bonds is 1. The highest BCUT2D eigenvalue weighted by atomic mass is 16.5. The number of hydrogen-bond acceptors (Lipinski definition) is 3. The molecular formula is C12H16O3. The molecule has 0 aliphatic carbocycles. The normalized spacial score (nSPS) is 20.1. The number of aryl methyl sites for hydroxylation is 1. The largest absolute Gasteiger partial charge is 0.493 e. The Hall–Kier alpha value is -1.22. The molecule has 0 fully saturated rings. The summed E-state index contributed by atoms with van der Waals surface area (Å²) in [5, 5.41) is 9.95. The van der Waals surface area contributed by atoms with Crippen molar-refractivity contribution in [2.24, 2.45) is 0 Å². The predicted molar refractivity (Wildman–Crippen MR) is 57.4 cm³/mol. The minimum absolute atomic E-state index is 0.434. The van der Waals surface area contributed by atoms with Gasteiger partial charge in [0, 0.05) is 5.56 Å². The summed E-state index contributed by atoms with van der Waals surface area (Å²) in [5.41, 5.74) is 1.93. The van der Waals surface area contributed by atoms with Crippen LogP contribution in [0, 0.1) is 6.92 Å². The SMILES string of the molecule is COc1cc(C)cc2c1OCCCC2O. The Morgan fingerprint density at radius 2 is 2.27 bits per heavy atom. The molecule has 1 aromatic rings. The van der Waals surface area contributed by atoms with Gasteiger partial charge in [-0.15, -0.1) is 0 Å². The number of aliphatic hydroxyl groups excluding tert-OH is 1. The van der Waals surface area contributed by atoms with E-state index in [4.69, 9.17) is 9.47 Å². The molecule has 0 saturated heterocycles. The third-order valence-electron chi connectivity index (χ3n) is 2.68. The van der Waals surface area contributed by atoms with Crippen molar-refractivity contribution in [3.05, 3.63) is 23.3 Å². The van der Waals surface area contributed by atoms with Crippen LogP contribution < -0.4 is 9.47 Å². The molecule has 1 N–H and O–H groups in total. The molecular weight excluding hydrogens is 192 g/mol. The zero-order valence-corrected chi connectivity index (χ0v) is 9.12. The van der Waals surface area contributed by atoms with Crippen molar-refractivity contribution in [3.63, 3.8) is 0 Å². The molecule has 1 aliphatic rings. The number of aliphatic hydroxyl groups is 1. The maximum absolute atomic E-state index is 9.95. The predicted octanol–water partition coefficient (Wildman–Crippen LogP) is 2.21. The van der Waals surface area contributed by atoms with Gasteiger partial charge in [0.1, 0.15) is 0 Å². The average Bonchev–Trinajstić information content (AvgIpc) is 2.40. The molecule has 2 rings (SSSR count). The quantitative estimate of drug-likeness (QED) is 0.769. The molecule has 0 bridgehead atoms. The molecule has 1 unspecified atom stereocenters. The third kappa shape index (κ3) is 1.92. The lowest BCUT2D eigenvalue weighted by Gasteiger charge is -2.15. The van der Waals surface area contributed by atoms with Crippen LogP contribution in [0.4, 0.5) is 0 Å². The third-order valence-corrected chi connectivity index (χ3v) is 2.68. The van der Waals surface area contributed by atoms with Gasteiger partial charge in [-0.2, -0.15) is 0 Å². The highest BCUT2D eigenvalue weighted by Crippen LogP contribution is 2.39. The van der Waals surface area contributed by atoms with Crippen LogP contribution >= 0.6 is 0 Å². The smallest absolute Gasteiger partial charge is 0.166 e. The van der Waals surface area contributed by atoms with Gasteiger partial charge in [0.15, 0.2) is 11.5 Å². The second-order valence-corrected chi connectivity index (χ2v) is 3.89. The summed E-state index contributed by atoms with van der Waals surface area (Å²) in [7, 11) is 1.62. The summed E-state index contributed by atoms with van der Waals surface area (Å²) in [4.78, 5) is 0. The van der Waals surface area contributed by atoms with Crippen LogP contribution in [0.5, 0.6) is 11.5 Å². The molecule has 1 atom stereocenters. The Labute approximate surface area is 89.6 Å². The minimum Gasteiger partial charge on any atom is -0.493 e. The van der Waals surface area contributed by atoms with Gasteiger partial charge in [0.2, 0.25) is 0 Å². The topological polar surface area (TPSA) is 38.7 Å². The fourth-order valence-corrected chi connectivity index (χ4v) is 1.93.